The van der Waals surface area contributed by atoms with Crippen LogP contribution in [0.3, 0.4) is 0 Å². The quantitative estimate of drug-likeness (QED) is 0.410. The molecule has 172 valence electrons. The Hall–Kier alpha value is -4.20. The number of anilines is 2. The van der Waals surface area contributed by atoms with E-state index in [0.29, 0.717) is 36.1 Å². The van der Waals surface area contributed by atoms with Crippen molar-refractivity contribution in [3.8, 4) is 11.3 Å². The standard InChI is InChI=1S/C26H26N6O2/c1-18-23(24(31-34-18)20-8-3-2-4-9-20)25(33)27-14-15-29-26-28-13-11-22(30-26)32-16-12-19-7-5-6-10-21(19)17-32/h2-11,13H,12,14-17H2,1H3,(H,27,33)(H,28,29,30). The fourth-order valence-electron chi connectivity index (χ4n) is 4.17. The molecule has 4 aromatic rings. The molecule has 34 heavy (non-hydrogen) atoms. The number of hydrogen-bond donors (Lipinski definition) is 2. The van der Waals surface area contributed by atoms with Crippen molar-refractivity contribution >= 4 is 17.7 Å². The summed E-state index contributed by atoms with van der Waals surface area (Å²) in [4.78, 5) is 24.1. The number of aryl methyl sites for hydroxylation is 1. The van der Waals surface area contributed by atoms with Crippen molar-refractivity contribution in [2.45, 2.75) is 19.9 Å². The number of nitrogens with one attached hydrogen (secondary N) is 2. The van der Waals surface area contributed by atoms with Crippen molar-refractivity contribution in [1.29, 1.82) is 0 Å². The Morgan fingerprint density at radius 3 is 2.68 bits per heavy atom. The highest BCUT2D eigenvalue weighted by Crippen LogP contribution is 2.25. The first kappa shape index (κ1) is 21.6. The largest absolute Gasteiger partial charge is 0.360 e. The van der Waals surface area contributed by atoms with E-state index in [1.807, 2.05) is 36.4 Å². The second kappa shape index (κ2) is 9.74. The number of nitrogens with zero attached hydrogens (tertiary/aromatic N) is 4. The van der Waals surface area contributed by atoms with Gasteiger partial charge >= 0.3 is 0 Å². The summed E-state index contributed by atoms with van der Waals surface area (Å²) in [6.45, 7) is 4.40. The highest BCUT2D eigenvalue weighted by molar-refractivity contribution is 6.00. The van der Waals surface area contributed by atoms with Crippen molar-refractivity contribution in [2.75, 3.05) is 29.9 Å². The summed E-state index contributed by atoms with van der Waals surface area (Å²) in [7, 11) is 0. The van der Waals surface area contributed by atoms with Gasteiger partial charge in [0.05, 0.1) is 0 Å². The maximum Gasteiger partial charge on any atom is 0.257 e. The average Bonchev–Trinajstić information content (AvgIpc) is 3.28. The van der Waals surface area contributed by atoms with Crippen molar-refractivity contribution in [3.63, 3.8) is 0 Å². The van der Waals surface area contributed by atoms with E-state index in [9.17, 15) is 4.79 Å². The molecule has 0 bridgehead atoms. The summed E-state index contributed by atoms with van der Waals surface area (Å²) in [5, 5.41) is 10.2. The number of amides is 1. The highest BCUT2D eigenvalue weighted by Gasteiger charge is 2.21. The number of rotatable bonds is 7. The number of carbonyl (C=O) groups is 1. The van der Waals surface area contributed by atoms with Crippen LogP contribution in [0.1, 0.15) is 27.2 Å². The summed E-state index contributed by atoms with van der Waals surface area (Å²) in [6, 6.07) is 20.0. The highest BCUT2D eigenvalue weighted by atomic mass is 16.5. The van der Waals surface area contributed by atoms with Crippen LogP contribution in [0, 0.1) is 6.92 Å². The summed E-state index contributed by atoms with van der Waals surface area (Å²) < 4.78 is 5.29. The summed E-state index contributed by atoms with van der Waals surface area (Å²) in [6.07, 6.45) is 2.76. The zero-order valence-electron chi connectivity index (χ0n) is 19.0. The van der Waals surface area contributed by atoms with Gasteiger partial charge in [0.15, 0.2) is 0 Å². The van der Waals surface area contributed by atoms with Crippen molar-refractivity contribution < 1.29 is 9.32 Å². The molecule has 0 saturated carbocycles. The van der Waals surface area contributed by atoms with E-state index in [0.717, 1.165) is 30.9 Å². The van der Waals surface area contributed by atoms with Gasteiger partial charge in [-0.15, -0.1) is 0 Å². The minimum absolute atomic E-state index is 0.221. The number of benzene rings is 2. The number of aromatic nitrogens is 3. The van der Waals surface area contributed by atoms with E-state index in [2.05, 4.69) is 54.9 Å². The molecule has 0 fully saturated rings. The minimum atomic E-state index is -0.221. The van der Waals surface area contributed by atoms with Gasteiger partial charge in [-0.05, 0) is 30.5 Å². The molecule has 0 radical (unpaired) electrons. The maximum absolute atomic E-state index is 12.8. The van der Waals surface area contributed by atoms with Crippen molar-refractivity contribution in [2.24, 2.45) is 0 Å². The first-order valence-electron chi connectivity index (χ1n) is 11.4. The third-order valence-corrected chi connectivity index (χ3v) is 5.93. The zero-order valence-corrected chi connectivity index (χ0v) is 19.0. The van der Waals surface area contributed by atoms with Crippen LogP contribution in [0.2, 0.25) is 0 Å². The first-order chi connectivity index (χ1) is 16.7. The van der Waals surface area contributed by atoms with E-state index < -0.39 is 0 Å². The third kappa shape index (κ3) is 4.61. The van der Waals surface area contributed by atoms with Crippen molar-refractivity contribution in [3.05, 3.63) is 89.3 Å². The van der Waals surface area contributed by atoms with Gasteiger partial charge in [0, 0.05) is 37.9 Å². The SMILES string of the molecule is Cc1onc(-c2ccccc2)c1C(=O)NCCNc1nccc(N2CCc3ccccc3C2)n1. The molecule has 0 atom stereocenters. The van der Waals surface area contributed by atoms with Gasteiger partial charge < -0.3 is 20.1 Å². The van der Waals surface area contributed by atoms with Crippen LogP contribution in [0.25, 0.3) is 11.3 Å². The van der Waals surface area contributed by atoms with Gasteiger partial charge in [-0.2, -0.15) is 4.98 Å². The maximum atomic E-state index is 12.8. The molecular formula is C26H26N6O2. The lowest BCUT2D eigenvalue weighted by atomic mass is 10.00. The monoisotopic (exact) mass is 454 g/mol. The van der Waals surface area contributed by atoms with Crippen LogP contribution in [-0.4, -0.2) is 40.7 Å². The zero-order chi connectivity index (χ0) is 23.3. The molecule has 5 rings (SSSR count). The van der Waals surface area contributed by atoms with Crippen molar-refractivity contribution in [1.82, 2.24) is 20.4 Å². The third-order valence-electron chi connectivity index (χ3n) is 5.93. The number of hydrogen-bond acceptors (Lipinski definition) is 7. The van der Waals surface area contributed by atoms with E-state index >= 15 is 0 Å². The van der Waals surface area contributed by atoms with Gasteiger partial charge in [-0.1, -0.05) is 59.8 Å². The minimum Gasteiger partial charge on any atom is -0.360 e. The molecule has 0 saturated heterocycles. The van der Waals surface area contributed by atoms with Gasteiger partial charge in [0.2, 0.25) is 5.95 Å². The Bertz CT molecular complexity index is 1290. The van der Waals surface area contributed by atoms with Crippen LogP contribution < -0.4 is 15.5 Å². The molecule has 2 aromatic heterocycles. The lowest BCUT2D eigenvalue weighted by Crippen LogP contribution is -2.31. The molecule has 8 nitrogen and oxygen atoms in total. The molecule has 0 spiro atoms. The van der Waals surface area contributed by atoms with Gasteiger partial charge in [-0.3, -0.25) is 4.79 Å². The fraction of sp³-hybridized carbons (Fsp3) is 0.231. The molecule has 1 aliphatic heterocycles. The van der Waals surface area contributed by atoms with E-state index in [-0.39, 0.29) is 5.91 Å². The first-order valence-corrected chi connectivity index (χ1v) is 11.4. The normalized spacial score (nSPS) is 12.8. The van der Waals surface area contributed by atoms with E-state index in [1.54, 1.807) is 13.1 Å². The van der Waals surface area contributed by atoms with Gasteiger partial charge in [0.25, 0.3) is 5.91 Å². The summed E-state index contributed by atoms with van der Waals surface area (Å²) >= 11 is 0. The Morgan fingerprint density at radius 2 is 1.82 bits per heavy atom. The Labute approximate surface area is 198 Å². The summed E-state index contributed by atoms with van der Waals surface area (Å²) in [5.74, 6) is 1.70. The van der Waals surface area contributed by atoms with Crippen LogP contribution >= 0.6 is 0 Å². The molecule has 2 N–H and O–H groups in total. The molecule has 3 heterocycles. The van der Waals surface area contributed by atoms with Crippen LogP contribution in [-0.2, 0) is 13.0 Å². The number of carbonyl (C=O) groups excluding carboxylic acids is 1. The molecule has 1 amide bonds. The van der Waals surface area contributed by atoms with E-state index in [4.69, 9.17) is 4.52 Å². The molecule has 0 aliphatic carbocycles. The molecular weight excluding hydrogens is 428 g/mol. The fourth-order valence-corrected chi connectivity index (χ4v) is 4.17. The Kier molecular flexibility index (Phi) is 6.20. The average molecular weight is 455 g/mol. The molecule has 2 aromatic carbocycles. The predicted molar refractivity (Wildman–Crippen MR) is 131 cm³/mol. The topological polar surface area (TPSA) is 96.2 Å². The Morgan fingerprint density at radius 1 is 1.03 bits per heavy atom. The second-order valence-corrected chi connectivity index (χ2v) is 8.19. The smallest absolute Gasteiger partial charge is 0.257 e. The number of fused-ring (bicyclic) bond motifs is 1. The van der Waals surface area contributed by atoms with Gasteiger partial charge in [-0.25, -0.2) is 4.98 Å². The van der Waals surface area contributed by atoms with Crippen LogP contribution in [0.5, 0.6) is 0 Å². The van der Waals surface area contributed by atoms with Crippen LogP contribution in [0.15, 0.2) is 71.4 Å². The molecule has 8 heteroatoms. The molecule has 0 unspecified atom stereocenters. The van der Waals surface area contributed by atoms with Crippen LogP contribution in [0.4, 0.5) is 11.8 Å². The van der Waals surface area contributed by atoms with Gasteiger partial charge in [0.1, 0.15) is 22.8 Å². The Balaban J connectivity index is 1.17. The van der Waals surface area contributed by atoms with E-state index in [1.165, 1.54) is 11.1 Å². The molecule has 1 aliphatic rings. The lowest BCUT2D eigenvalue weighted by Gasteiger charge is -2.29. The summed E-state index contributed by atoms with van der Waals surface area (Å²) in [5.41, 5.74) is 4.58. The lowest BCUT2D eigenvalue weighted by molar-refractivity contribution is 0.0954. The second-order valence-electron chi connectivity index (χ2n) is 8.19. The predicted octanol–water partition coefficient (Wildman–Crippen LogP) is 3.84.